The Labute approximate surface area is 97.4 Å². The van der Waals surface area contributed by atoms with Crippen molar-refractivity contribution in [1.29, 1.82) is 0 Å². The summed E-state index contributed by atoms with van der Waals surface area (Å²) in [5, 5.41) is 4.77. The summed E-state index contributed by atoms with van der Waals surface area (Å²) in [6.07, 6.45) is -4.89. The molecule has 1 rings (SSSR count). The number of rotatable bonds is 2. The van der Waals surface area contributed by atoms with Gasteiger partial charge in [-0.1, -0.05) is 15.9 Å². The number of primary sulfonamides is 1. The molecule has 0 unspecified atom stereocenters. The van der Waals surface area contributed by atoms with Crippen LogP contribution in [0.25, 0.3) is 0 Å². The van der Waals surface area contributed by atoms with E-state index in [1.54, 1.807) is 0 Å². The van der Waals surface area contributed by atoms with Gasteiger partial charge in [0.1, 0.15) is 5.75 Å². The maximum Gasteiger partial charge on any atom is 0.573 e. The molecule has 0 spiro atoms. The molecule has 90 valence electrons. The van der Waals surface area contributed by atoms with Crippen molar-refractivity contribution >= 4 is 26.0 Å². The van der Waals surface area contributed by atoms with E-state index in [-0.39, 0.29) is 4.47 Å². The van der Waals surface area contributed by atoms with Gasteiger partial charge in [-0.25, -0.2) is 13.6 Å². The molecule has 0 aliphatic rings. The second kappa shape index (κ2) is 4.22. The maximum atomic E-state index is 11.9. The predicted molar refractivity (Wildman–Crippen MR) is 52.2 cm³/mol. The molecule has 0 amide bonds. The van der Waals surface area contributed by atoms with Gasteiger partial charge in [0.05, 0.1) is 4.90 Å². The minimum Gasteiger partial charge on any atom is -0.406 e. The van der Waals surface area contributed by atoms with Crippen LogP contribution in [0.2, 0.25) is 0 Å². The van der Waals surface area contributed by atoms with Crippen molar-refractivity contribution < 1.29 is 26.3 Å². The highest BCUT2D eigenvalue weighted by Crippen LogP contribution is 2.28. The van der Waals surface area contributed by atoms with E-state index in [1.165, 1.54) is 0 Å². The molecule has 0 aliphatic heterocycles. The van der Waals surface area contributed by atoms with Crippen LogP contribution in [-0.4, -0.2) is 14.8 Å². The van der Waals surface area contributed by atoms with Crippen molar-refractivity contribution in [2.45, 2.75) is 11.3 Å². The summed E-state index contributed by atoms with van der Waals surface area (Å²) in [4.78, 5) is -0.471. The Bertz CT molecular complexity index is 500. The quantitative estimate of drug-likeness (QED) is 0.906. The summed E-state index contributed by atoms with van der Waals surface area (Å²) in [5.41, 5.74) is 0. The Morgan fingerprint density at radius 1 is 1.25 bits per heavy atom. The summed E-state index contributed by atoms with van der Waals surface area (Å²) >= 11 is 2.85. The van der Waals surface area contributed by atoms with Gasteiger partial charge in [-0.15, -0.1) is 13.2 Å². The number of hydrogen-bond acceptors (Lipinski definition) is 3. The van der Waals surface area contributed by atoms with Gasteiger partial charge in [0, 0.05) is 10.5 Å². The highest BCUT2D eigenvalue weighted by atomic mass is 79.9. The number of benzene rings is 1. The molecule has 2 N–H and O–H groups in total. The fraction of sp³-hybridized carbons (Fsp3) is 0.143. The molecule has 16 heavy (non-hydrogen) atoms. The number of halogens is 4. The lowest BCUT2D eigenvalue weighted by molar-refractivity contribution is -0.274. The molecular formula is C7H5BrF3NO3S. The third-order valence-electron chi connectivity index (χ3n) is 1.41. The molecular weight excluding hydrogens is 315 g/mol. The summed E-state index contributed by atoms with van der Waals surface area (Å²) < 4.78 is 61.2. The molecule has 1 aromatic carbocycles. The van der Waals surface area contributed by atoms with Crippen LogP contribution in [0.3, 0.4) is 0 Å². The molecule has 0 saturated heterocycles. The van der Waals surface area contributed by atoms with Gasteiger partial charge in [0.25, 0.3) is 0 Å². The number of nitrogens with two attached hydrogens (primary N) is 1. The number of hydrogen-bond donors (Lipinski definition) is 1. The topological polar surface area (TPSA) is 69.4 Å². The molecule has 0 bridgehead atoms. The number of sulfonamides is 1. The second-order valence-corrected chi connectivity index (χ2v) is 5.19. The van der Waals surface area contributed by atoms with Gasteiger partial charge >= 0.3 is 6.36 Å². The molecule has 0 saturated carbocycles. The fourth-order valence-corrected chi connectivity index (χ4v) is 2.09. The Kier molecular flexibility index (Phi) is 3.50. The summed E-state index contributed by atoms with van der Waals surface area (Å²) in [6, 6.07) is 2.73. The Morgan fingerprint density at radius 3 is 2.25 bits per heavy atom. The van der Waals surface area contributed by atoms with Crippen LogP contribution in [-0.2, 0) is 10.0 Å². The van der Waals surface area contributed by atoms with E-state index in [0.717, 1.165) is 12.1 Å². The molecule has 4 nitrogen and oxygen atoms in total. The first-order valence-corrected chi connectivity index (χ1v) is 6.01. The maximum absolute atomic E-state index is 11.9. The molecule has 0 radical (unpaired) electrons. The van der Waals surface area contributed by atoms with Gasteiger partial charge < -0.3 is 4.74 Å². The predicted octanol–water partition coefficient (Wildman–Crippen LogP) is 2.00. The molecule has 0 atom stereocenters. The monoisotopic (exact) mass is 319 g/mol. The molecule has 1 aromatic rings. The van der Waals surface area contributed by atoms with Crippen molar-refractivity contribution in [3.63, 3.8) is 0 Å². The number of ether oxygens (including phenoxy) is 1. The van der Waals surface area contributed by atoms with Gasteiger partial charge in [-0.2, -0.15) is 0 Å². The second-order valence-electron chi connectivity index (χ2n) is 2.72. The zero-order valence-electron chi connectivity index (χ0n) is 7.45. The fourth-order valence-electron chi connectivity index (χ4n) is 0.894. The molecule has 9 heteroatoms. The highest BCUT2D eigenvalue weighted by molar-refractivity contribution is 9.10. The third-order valence-corrected chi connectivity index (χ3v) is 2.76. The first kappa shape index (κ1) is 13.3. The van der Waals surface area contributed by atoms with Crippen molar-refractivity contribution in [1.82, 2.24) is 0 Å². The lowest BCUT2D eigenvalue weighted by atomic mass is 10.3. The highest BCUT2D eigenvalue weighted by Gasteiger charge is 2.31. The van der Waals surface area contributed by atoms with Crippen LogP contribution >= 0.6 is 15.9 Å². The van der Waals surface area contributed by atoms with E-state index >= 15 is 0 Å². The van der Waals surface area contributed by atoms with Crippen molar-refractivity contribution in [3.05, 3.63) is 22.7 Å². The van der Waals surface area contributed by atoms with Crippen molar-refractivity contribution in [2.24, 2.45) is 5.14 Å². The van der Waals surface area contributed by atoms with Crippen LogP contribution in [0.1, 0.15) is 0 Å². The van der Waals surface area contributed by atoms with Crippen LogP contribution in [0.4, 0.5) is 13.2 Å². The first-order valence-electron chi connectivity index (χ1n) is 3.67. The van der Waals surface area contributed by atoms with E-state index in [9.17, 15) is 21.6 Å². The SMILES string of the molecule is NS(=O)(=O)c1cc(Br)cc(OC(F)(F)F)c1. The minimum atomic E-state index is -4.89. The molecule has 0 aromatic heterocycles. The van der Waals surface area contributed by atoms with Crippen molar-refractivity contribution in [3.8, 4) is 5.75 Å². The average Bonchev–Trinajstić information content (AvgIpc) is 1.97. The molecule has 0 aliphatic carbocycles. The summed E-state index contributed by atoms with van der Waals surface area (Å²) in [6.45, 7) is 0. The largest absolute Gasteiger partial charge is 0.573 e. The minimum absolute atomic E-state index is 0.110. The van der Waals surface area contributed by atoms with Gasteiger partial charge in [0.2, 0.25) is 10.0 Å². The molecule has 0 heterocycles. The van der Waals surface area contributed by atoms with Crippen LogP contribution in [0.5, 0.6) is 5.75 Å². The lowest BCUT2D eigenvalue weighted by Crippen LogP contribution is -2.18. The zero-order valence-corrected chi connectivity index (χ0v) is 9.86. The van der Waals surface area contributed by atoms with Gasteiger partial charge in [0.15, 0.2) is 0 Å². The number of alkyl halides is 3. The van der Waals surface area contributed by atoms with E-state index in [2.05, 4.69) is 20.7 Å². The smallest absolute Gasteiger partial charge is 0.406 e. The van der Waals surface area contributed by atoms with E-state index < -0.39 is 27.0 Å². The Morgan fingerprint density at radius 2 is 1.81 bits per heavy atom. The van der Waals surface area contributed by atoms with E-state index in [0.29, 0.717) is 6.07 Å². The zero-order chi connectivity index (χ0) is 12.6. The van der Waals surface area contributed by atoms with E-state index in [1.807, 2.05) is 0 Å². The Balaban J connectivity index is 3.19. The third kappa shape index (κ3) is 3.99. The summed E-state index contributed by atoms with van der Waals surface area (Å²) in [7, 11) is -4.08. The van der Waals surface area contributed by atoms with Gasteiger partial charge in [-0.3, -0.25) is 0 Å². The average molecular weight is 320 g/mol. The first-order chi connectivity index (χ1) is 7.08. The normalized spacial score (nSPS) is 12.6. The van der Waals surface area contributed by atoms with Crippen LogP contribution in [0, 0.1) is 0 Å². The van der Waals surface area contributed by atoms with Gasteiger partial charge in [-0.05, 0) is 12.1 Å². The van der Waals surface area contributed by atoms with Crippen molar-refractivity contribution in [2.75, 3.05) is 0 Å². The Hall–Kier alpha value is -0.800. The van der Waals surface area contributed by atoms with Crippen LogP contribution < -0.4 is 9.88 Å². The standard InChI is InChI=1S/C7H5BrF3NO3S/c8-4-1-5(15-7(9,10)11)3-6(2-4)16(12,13)14/h1-3H,(H2,12,13,14). The molecule has 0 fully saturated rings. The van der Waals surface area contributed by atoms with E-state index in [4.69, 9.17) is 5.14 Å². The summed E-state index contributed by atoms with van der Waals surface area (Å²) in [5.74, 6) is -0.661. The van der Waals surface area contributed by atoms with Crippen LogP contribution in [0.15, 0.2) is 27.6 Å². The lowest BCUT2D eigenvalue weighted by Gasteiger charge is -2.10.